The van der Waals surface area contributed by atoms with E-state index in [0.717, 1.165) is 16.8 Å². The molecule has 0 spiro atoms. The summed E-state index contributed by atoms with van der Waals surface area (Å²) in [6.07, 6.45) is 4.63. The molecule has 6 heteroatoms. The Morgan fingerprint density at radius 2 is 1.75 bits per heavy atom. The summed E-state index contributed by atoms with van der Waals surface area (Å²) in [6.45, 7) is 2.67. The molecule has 0 fully saturated rings. The van der Waals surface area contributed by atoms with Crippen molar-refractivity contribution in [2.45, 2.75) is 19.9 Å². The van der Waals surface area contributed by atoms with Crippen molar-refractivity contribution >= 4 is 17.5 Å². The van der Waals surface area contributed by atoms with Crippen molar-refractivity contribution in [1.82, 2.24) is 14.9 Å². The second kappa shape index (κ2) is 9.41. The molecule has 6 nitrogen and oxygen atoms in total. The molecule has 0 aliphatic carbocycles. The van der Waals surface area contributed by atoms with Crippen LogP contribution in [0, 0.1) is 6.92 Å². The fraction of sp³-hybridized carbons (Fsp3) is 0.182. The number of rotatable bonds is 7. The van der Waals surface area contributed by atoms with Gasteiger partial charge < -0.3 is 10.2 Å². The zero-order valence-corrected chi connectivity index (χ0v) is 15.7. The third-order valence-electron chi connectivity index (χ3n) is 4.23. The summed E-state index contributed by atoms with van der Waals surface area (Å²) in [6, 6.07) is 17.3. The van der Waals surface area contributed by atoms with Gasteiger partial charge in [0, 0.05) is 37.6 Å². The Morgan fingerprint density at radius 1 is 1.00 bits per heavy atom. The number of carbonyl (C=O) groups excluding carboxylic acids is 2. The van der Waals surface area contributed by atoms with Gasteiger partial charge in [-0.1, -0.05) is 48.0 Å². The van der Waals surface area contributed by atoms with Gasteiger partial charge in [-0.05, 0) is 24.6 Å². The maximum absolute atomic E-state index is 12.8. The molecule has 142 valence electrons. The molecule has 0 saturated carbocycles. The Hall–Kier alpha value is -3.54. The van der Waals surface area contributed by atoms with Crippen molar-refractivity contribution in [1.29, 1.82) is 0 Å². The molecular weight excluding hydrogens is 352 g/mol. The Labute approximate surface area is 164 Å². The van der Waals surface area contributed by atoms with Gasteiger partial charge in [0.1, 0.15) is 5.69 Å². The van der Waals surface area contributed by atoms with Gasteiger partial charge in [0.25, 0.3) is 5.91 Å². The molecule has 0 aliphatic heterocycles. The average molecular weight is 374 g/mol. The van der Waals surface area contributed by atoms with Crippen molar-refractivity contribution in [3.8, 4) is 0 Å². The van der Waals surface area contributed by atoms with Crippen LogP contribution in [0.5, 0.6) is 0 Å². The largest absolute Gasteiger partial charge is 0.332 e. The van der Waals surface area contributed by atoms with Gasteiger partial charge in [-0.15, -0.1) is 0 Å². The van der Waals surface area contributed by atoms with E-state index in [-0.39, 0.29) is 30.5 Å². The Morgan fingerprint density at radius 3 is 2.43 bits per heavy atom. The van der Waals surface area contributed by atoms with Crippen LogP contribution < -0.4 is 5.32 Å². The fourth-order valence-corrected chi connectivity index (χ4v) is 2.72. The second-order valence-electron chi connectivity index (χ2n) is 6.47. The number of benzene rings is 2. The number of hydrogen-bond donors (Lipinski definition) is 1. The minimum atomic E-state index is -0.250. The van der Waals surface area contributed by atoms with Crippen LogP contribution in [0.2, 0.25) is 0 Å². The summed E-state index contributed by atoms with van der Waals surface area (Å²) < 4.78 is 0. The van der Waals surface area contributed by atoms with Gasteiger partial charge in [0.15, 0.2) is 0 Å². The molecule has 2 aromatic carbocycles. The van der Waals surface area contributed by atoms with Crippen LogP contribution in [0.15, 0.2) is 73.2 Å². The van der Waals surface area contributed by atoms with E-state index in [9.17, 15) is 9.59 Å². The lowest BCUT2D eigenvalue weighted by atomic mass is 10.2. The van der Waals surface area contributed by atoms with Crippen LogP contribution in [0.25, 0.3) is 0 Å². The number of hydrogen-bond acceptors (Lipinski definition) is 4. The van der Waals surface area contributed by atoms with E-state index in [4.69, 9.17) is 0 Å². The predicted octanol–water partition coefficient (Wildman–Crippen LogP) is 3.46. The van der Waals surface area contributed by atoms with Crippen molar-refractivity contribution in [2.24, 2.45) is 0 Å². The molecule has 0 aliphatic rings. The molecule has 3 aromatic rings. The molecule has 1 aromatic heterocycles. The lowest BCUT2D eigenvalue weighted by Crippen LogP contribution is -2.34. The molecule has 1 N–H and O–H groups in total. The van der Waals surface area contributed by atoms with Crippen LogP contribution in [0.3, 0.4) is 0 Å². The van der Waals surface area contributed by atoms with Gasteiger partial charge in [0.2, 0.25) is 5.91 Å². The highest BCUT2D eigenvalue weighted by atomic mass is 16.2. The monoisotopic (exact) mass is 374 g/mol. The topological polar surface area (TPSA) is 75.2 Å². The summed E-state index contributed by atoms with van der Waals surface area (Å²) >= 11 is 0. The van der Waals surface area contributed by atoms with Gasteiger partial charge in [-0.25, -0.2) is 4.98 Å². The van der Waals surface area contributed by atoms with Crippen molar-refractivity contribution < 1.29 is 9.59 Å². The Bertz CT molecular complexity index is 912. The number of aromatic nitrogens is 2. The van der Waals surface area contributed by atoms with Gasteiger partial charge in [-0.2, -0.15) is 0 Å². The number of nitrogens with one attached hydrogen (secondary N) is 1. The van der Waals surface area contributed by atoms with Gasteiger partial charge in [0.05, 0.1) is 6.20 Å². The molecule has 0 radical (unpaired) electrons. The first-order chi connectivity index (χ1) is 13.6. The normalized spacial score (nSPS) is 10.3. The highest BCUT2D eigenvalue weighted by Crippen LogP contribution is 2.11. The summed E-state index contributed by atoms with van der Waals surface area (Å²) in [4.78, 5) is 34.9. The zero-order chi connectivity index (χ0) is 19.8. The van der Waals surface area contributed by atoms with Crippen LogP contribution in [-0.4, -0.2) is 33.2 Å². The lowest BCUT2D eigenvalue weighted by Gasteiger charge is -2.22. The molecule has 1 heterocycles. The average Bonchev–Trinajstić information content (AvgIpc) is 2.73. The molecule has 3 rings (SSSR count). The number of aryl methyl sites for hydroxylation is 1. The number of amides is 2. The molecule has 0 unspecified atom stereocenters. The smallest absolute Gasteiger partial charge is 0.274 e. The molecule has 2 amide bonds. The highest BCUT2D eigenvalue weighted by molar-refractivity contribution is 5.93. The number of carbonyl (C=O) groups is 2. The first-order valence-electron chi connectivity index (χ1n) is 9.07. The quantitative estimate of drug-likeness (QED) is 0.687. The van der Waals surface area contributed by atoms with Crippen LogP contribution >= 0.6 is 0 Å². The highest BCUT2D eigenvalue weighted by Gasteiger charge is 2.18. The fourth-order valence-electron chi connectivity index (χ4n) is 2.72. The van der Waals surface area contributed by atoms with E-state index >= 15 is 0 Å². The predicted molar refractivity (Wildman–Crippen MR) is 108 cm³/mol. The van der Waals surface area contributed by atoms with Crippen LogP contribution in [-0.2, 0) is 11.3 Å². The van der Waals surface area contributed by atoms with Crippen molar-refractivity contribution in [2.75, 3.05) is 11.9 Å². The molecular formula is C22H22N4O2. The molecule has 0 atom stereocenters. The van der Waals surface area contributed by atoms with E-state index in [2.05, 4.69) is 15.3 Å². The second-order valence-corrected chi connectivity index (χ2v) is 6.47. The SMILES string of the molecule is Cc1ccc(NC(=O)CCN(Cc2ccccc2)C(=O)c2cnccn2)cc1. The summed E-state index contributed by atoms with van der Waals surface area (Å²) in [7, 11) is 0. The van der Waals surface area contributed by atoms with Crippen LogP contribution in [0.4, 0.5) is 5.69 Å². The van der Waals surface area contributed by atoms with Gasteiger partial charge in [-0.3, -0.25) is 14.6 Å². The third kappa shape index (κ3) is 5.48. The minimum Gasteiger partial charge on any atom is -0.332 e. The number of nitrogens with zero attached hydrogens (tertiary/aromatic N) is 3. The Kier molecular flexibility index (Phi) is 6.46. The summed E-state index contributed by atoms with van der Waals surface area (Å²) in [5, 5.41) is 2.86. The Balaban J connectivity index is 1.67. The van der Waals surface area contributed by atoms with E-state index in [0.29, 0.717) is 6.54 Å². The standard InChI is InChI=1S/C22H22N4O2/c1-17-7-9-19(10-8-17)25-21(27)11-14-26(16-18-5-3-2-4-6-18)22(28)20-15-23-12-13-24-20/h2-10,12-13,15H,11,14,16H2,1H3,(H,25,27). The zero-order valence-electron chi connectivity index (χ0n) is 15.7. The van der Waals surface area contributed by atoms with E-state index in [1.165, 1.54) is 18.6 Å². The van der Waals surface area contributed by atoms with Gasteiger partial charge >= 0.3 is 0 Å². The molecule has 0 saturated heterocycles. The first-order valence-corrected chi connectivity index (χ1v) is 9.07. The summed E-state index contributed by atoms with van der Waals surface area (Å²) in [5.41, 5.74) is 3.11. The van der Waals surface area contributed by atoms with E-state index < -0.39 is 0 Å². The maximum Gasteiger partial charge on any atom is 0.274 e. The summed E-state index contributed by atoms with van der Waals surface area (Å²) in [5.74, 6) is -0.394. The lowest BCUT2D eigenvalue weighted by molar-refractivity contribution is -0.116. The van der Waals surface area contributed by atoms with Crippen molar-refractivity contribution in [3.05, 3.63) is 90.0 Å². The van der Waals surface area contributed by atoms with Crippen LogP contribution in [0.1, 0.15) is 28.0 Å². The molecule has 0 bridgehead atoms. The van der Waals surface area contributed by atoms with E-state index in [1.807, 2.05) is 61.5 Å². The minimum absolute atomic E-state index is 0.145. The first kappa shape index (κ1) is 19.2. The third-order valence-corrected chi connectivity index (χ3v) is 4.23. The maximum atomic E-state index is 12.8. The molecule has 28 heavy (non-hydrogen) atoms. The van der Waals surface area contributed by atoms with Crippen molar-refractivity contribution in [3.63, 3.8) is 0 Å². The van der Waals surface area contributed by atoms with E-state index in [1.54, 1.807) is 4.90 Å². The number of anilines is 1.